The molecule has 4 heteroatoms. The number of carbonyl (C=O) groups is 1. The van der Waals surface area contributed by atoms with Crippen LogP contribution in [0, 0.1) is 0 Å². The van der Waals surface area contributed by atoms with Crippen LogP contribution < -0.4 is 10.1 Å². The molecule has 1 N–H and O–H groups in total. The van der Waals surface area contributed by atoms with E-state index in [0.29, 0.717) is 5.06 Å². The van der Waals surface area contributed by atoms with Crippen molar-refractivity contribution in [3.63, 3.8) is 0 Å². The number of amides is 1. The van der Waals surface area contributed by atoms with Crippen molar-refractivity contribution in [3.05, 3.63) is 30.3 Å². The van der Waals surface area contributed by atoms with Crippen LogP contribution in [0.5, 0.6) is 5.06 Å². The molecular weight excluding hydrogens is 258 g/mol. The van der Waals surface area contributed by atoms with Crippen molar-refractivity contribution < 1.29 is 9.53 Å². The first kappa shape index (κ1) is 12.5. The van der Waals surface area contributed by atoms with E-state index in [9.17, 15) is 4.79 Å². The molecule has 3 nitrogen and oxygen atoms in total. The molecule has 1 aromatic carbocycles. The molecule has 0 atom stereocenters. The number of nitrogens with one attached hydrogen (secondary N) is 1. The van der Waals surface area contributed by atoms with E-state index in [2.05, 4.69) is 5.32 Å². The van der Waals surface area contributed by atoms with Gasteiger partial charge in [-0.3, -0.25) is 0 Å². The monoisotopic (exact) mass is 275 g/mol. The van der Waals surface area contributed by atoms with Crippen LogP contribution in [0.15, 0.2) is 30.3 Å². The van der Waals surface area contributed by atoms with Gasteiger partial charge >= 0.3 is 6.09 Å². The summed E-state index contributed by atoms with van der Waals surface area (Å²) in [5.74, 6) is 0. The molecule has 0 saturated heterocycles. The predicted octanol–water partition coefficient (Wildman–Crippen LogP) is 4.32. The van der Waals surface area contributed by atoms with Crippen molar-refractivity contribution in [2.75, 3.05) is 0 Å². The Morgan fingerprint density at radius 1 is 1.21 bits per heavy atom. The largest absolute Gasteiger partial charge is 0.413 e. The van der Waals surface area contributed by atoms with Crippen molar-refractivity contribution in [2.24, 2.45) is 0 Å². The number of carbonyl (C=O) groups excluding carboxylic acids is 1. The molecular formula is C15H17NO2S. The minimum Gasteiger partial charge on any atom is -0.399 e. The van der Waals surface area contributed by atoms with E-state index >= 15 is 0 Å². The zero-order chi connectivity index (χ0) is 13.1. The van der Waals surface area contributed by atoms with E-state index in [4.69, 9.17) is 4.74 Å². The maximum Gasteiger partial charge on any atom is 0.413 e. The van der Waals surface area contributed by atoms with E-state index in [1.807, 2.05) is 30.3 Å². The summed E-state index contributed by atoms with van der Waals surface area (Å²) in [7, 11) is 0. The third-order valence-corrected chi connectivity index (χ3v) is 4.52. The van der Waals surface area contributed by atoms with Gasteiger partial charge in [0, 0.05) is 16.8 Å². The van der Waals surface area contributed by atoms with Crippen LogP contribution in [0.3, 0.4) is 0 Å². The average molecular weight is 275 g/mol. The lowest BCUT2D eigenvalue weighted by molar-refractivity contribution is 0.193. The predicted molar refractivity (Wildman–Crippen MR) is 77.9 cm³/mol. The minimum atomic E-state index is -0.321. The Morgan fingerprint density at radius 3 is 2.79 bits per heavy atom. The average Bonchev–Trinajstić information content (AvgIpc) is 2.81. The van der Waals surface area contributed by atoms with E-state index in [-0.39, 0.29) is 12.1 Å². The minimum absolute atomic E-state index is 0.288. The molecule has 19 heavy (non-hydrogen) atoms. The van der Waals surface area contributed by atoms with Gasteiger partial charge in [-0.1, -0.05) is 48.8 Å². The third-order valence-electron chi connectivity index (χ3n) is 3.52. The molecule has 3 rings (SSSR count). The van der Waals surface area contributed by atoms with Crippen LogP contribution >= 0.6 is 11.3 Å². The van der Waals surface area contributed by atoms with Gasteiger partial charge in [-0.25, -0.2) is 4.79 Å². The van der Waals surface area contributed by atoms with Gasteiger partial charge < -0.3 is 10.1 Å². The molecule has 1 aliphatic rings. The summed E-state index contributed by atoms with van der Waals surface area (Å²) in [6.07, 6.45) is 5.51. The van der Waals surface area contributed by atoms with Gasteiger partial charge in [0.2, 0.25) is 0 Å². The molecule has 1 saturated carbocycles. The van der Waals surface area contributed by atoms with Gasteiger partial charge in [0.1, 0.15) is 0 Å². The van der Waals surface area contributed by atoms with Crippen LogP contribution in [0.1, 0.15) is 32.1 Å². The van der Waals surface area contributed by atoms with Gasteiger partial charge in [-0.05, 0) is 24.3 Å². The summed E-state index contributed by atoms with van der Waals surface area (Å²) in [6.45, 7) is 0. The first-order chi connectivity index (χ1) is 9.31. The lowest BCUT2D eigenvalue weighted by Crippen LogP contribution is -2.37. The summed E-state index contributed by atoms with van der Waals surface area (Å²) in [4.78, 5) is 11.8. The molecule has 1 fully saturated rings. The van der Waals surface area contributed by atoms with Gasteiger partial charge in [-0.2, -0.15) is 0 Å². The summed E-state index contributed by atoms with van der Waals surface area (Å²) in [6, 6.07) is 10.2. The molecule has 0 unspecified atom stereocenters. The van der Waals surface area contributed by atoms with Crippen molar-refractivity contribution in [1.82, 2.24) is 5.32 Å². The number of fused-ring (bicyclic) bond motifs is 1. The molecule has 1 aliphatic carbocycles. The normalized spacial score (nSPS) is 16.4. The number of benzene rings is 1. The van der Waals surface area contributed by atoms with Crippen molar-refractivity contribution >= 4 is 27.5 Å². The quantitative estimate of drug-likeness (QED) is 0.886. The summed E-state index contributed by atoms with van der Waals surface area (Å²) in [5, 5.41) is 4.74. The van der Waals surface area contributed by atoms with Crippen LogP contribution in [0.2, 0.25) is 0 Å². The van der Waals surface area contributed by atoms with Crippen LogP contribution in [0.25, 0.3) is 10.1 Å². The van der Waals surface area contributed by atoms with E-state index in [0.717, 1.165) is 22.9 Å². The lowest BCUT2D eigenvalue weighted by atomic mass is 9.96. The molecule has 1 amide bonds. The Kier molecular flexibility index (Phi) is 3.69. The second-order valence-corrected chi connectivity index (χ2v) is 6.02. The Hall–Kier alpha value is -1.55. The molecule has 0 radical (unpaired) electrons. The number of ether oxygens (including phenoxy) is 1. The van der Waals surface area contributed by atoms with Crippen LogP contribution in [-0.4, -0.2) is 12.1 Å². The molecule has 100 valence electrons. The smallest absolute Gasteiger partial charge is 0.399 e. The zero-order valence-corrected chi connectivity index (χ0v) is 11.5. The second kappa shape index (κ2) is 5.61. The number of hydrogen-bond acceptors (Lipinski definition) is 3. The number of hydrogen-bond donors (Lipinski definition) is 1. The van der Waals surface area contributed by atoms with Crippen molar-refractivity contribution in [1.29, 1.82) is 0 Å². The first-order valence-corrected chi connectivity index (χ1v) is 7.60. The van der Waals surface area contributed by atoms with Gasteiger partial charge in [0.05, 0.1) is 0 Å². The molecule has 0 bridgehead atoms. The standard InChI is InChI=1S/C15H17NO2S/c17-15(16-12-7-2-1-3-8-12)18-14-10-11-6-4-5-9-13(11)19-14/h4-6,9-10,12H,1-3,7-8H2,(H,16,17). The fraction of sp³-hybridized carbons (Fsp3) is 0.400. The summed E-state index contributed by atoms with van der Waals surface area (Å²) < 4.78 is 6.51. The fourth-order valence-electron chi connectivity index (χ4n) is 2.54. The third kappa shape index (κ3) is 3.07. The van der Waals surface area contributed by atoms with Crippen molar-refractivity contribution in [2.45, 2.75) is 38.1 Å². The zero-order valence-electron chi connectivity index (χ0n) is 10.7. The first-order valence-electron chi connectivity index (χ1n) is 6.78. The SMILES string of the molecule is O=C(NC1CCCCC1)Oc1cc2ccccc2s1. The molecule has 1 heterocycles. The van der Waals surface area contributed by atoms with Crippen LogP contribution in [-0.2, 0) is 0 Å². The van der Waals surface area contributed by atoms with Crippen molar-refractivity contribution in [3.8, 4) is 5.06 Å². The van der Waals surface area contributed by atoms with Crippen LogP contribution in [0.4, 0.5) is 4.79 Å². The van der Waals surface area contributed by atoms with E-state index in [1.165, 1.54) is 30.6 Å². The maximum atomic E-state index is 11.8. The maximum absolute atomic E-state index is 11.8. The Labute approximate surface area is 116 Å². The molecule has 2 aromatic rings. The summed E-state index contributed by atoms with van der Waals surface area (Å²) >= 11 is 1.50. The highest BCUT2D eigenvalue weighted by atomic mass is 32.1. The van der Waals surface area contributed by atoms with Gasteiger partial charge in [0.15, 0.2) is 5.06 Å². The Morgan fingerprint density at radius 2 is 2.00 bits per heavy atom. The van der Waals surface area contributed by atoms with Gasteiger partial charge in [0.25, 0.3) is 0 Å². The highest BCUT2D eigenvalue weighted by Crippen LogP contribution is 2.31. The lowest BCUT2D eigenvalue weighted by Gasteiger charge is -2.21. The van der Waals surface area contributed by atoms with Gasteiger partial charge in [-0.15, -0.1) is 0 Å². The highest BCUT2D eigenvalue weighted by molar-refractivity contribution is 7.20. The highest BCUT2D eigenvalue weighted by Gasteiger charge is 2.17. The molecule has 0 spiro atoms. The fourth-order valence-corrected chi connectivity index (χ4v) is 3.45. The number of thiophene rings is 1. The van der Waals surface area contributed by atoms with E-state index < -0.39 is 0 Å². The van der Waals surface area contributed by atoms with E-state index in [1.54, 1.807) is 0 Å². The molecule has 1 aromatic heterocycles. The summed E-state index contributed by atoms with van der Waals surface area (Å²) in [5.41, 5.74) is 0. The second-order valence-electron chi connectivity index (χ2n) is 4.97. The number of rotatable bonds is 2. The topological polar surface area (TPSA) is 38.3 Å². The Balaban J connectivity index is 1.62. The molecule has 0 aliphatic heterocycles. The Bertz CT molecular complexity index is 539.